The van der Waals surface area contributed by atoms with Crippen LogP contribution in [0.15, 0.2) is 0 Å². The van der Waals surface area contributed by atoms with Crippen LogP contribution in [0.4, 0.5) is 0 Å². The average molecular weight is 245 g/mol. The summed E-state index contributed by atoms with van der Waals surface area (Å²) in [5, 5.41) is 4.09. The van der Waals surface area contributed by atoms with E-state index in [-0.39, 0.29) is 0 Å². The largest absolute Gasteiger partial charge is 0.383 e. The van der Waals surface area contributed by atoms with Gasteiger partial charge in [-0.3, -0.25) is 0 Å². The standard InChI is InChI=1S/C11H23N3OS/c1-13(2)10-4-7-14(8-5-10)11(16)12-6-9-15-3/h10H,4-9H2,1-3H3,(H,12,16). The van der Waals surface area contributed by atoms with Gasteiger partial charge in [0.2, 0.25) is 0 Å². The third-order valence-electron chi connectivity index (χ3n) is 3.06. The second-order valence-electron chi connectivity index (χ2n) is 4.41. The maximum absolute atomic E-state index is 5.34. The van der Waals surface area contributed by atoms with Crippen LogP contribution in [0.5, 0.6) is 0 Å². The summed E-state index contributed by atoms with van der Waals surface area (Å²) in [7, 11) is 6.00. The van der Waals surface area contributed by atoms with Crippen molar-refractivity contribution in [2.75, 3.05) is 47.4 Å². The monoisotopic (exact) mass is 245 g/mol. The Morgan fingerprint density at radius 3 is 2.56 bits per heavy atom. The molecule has 1 heterocycles. The summed E-state index contributed by atoms with van der Waals surface area (Å²) >= 11 is 5.34. The molecule has 1 rings (SSSR count). The summed E-state index contributed by atoms with van der Waals surface area (Å²) in [5.74, 6) is 0. The third-order valence-corrected chi connectivity index (χ3v) is 3.47. The number of thiocarbonyl (C=S) groups is 1. The molecule has 0 amide bonds. The van der Waals surface area contributed by atoms with Gasteiger partial charge in [-0.05, 0) is 39.2 Å². The van der Waals surface area contributed by atoms with E-state index in [1.54, 1.807) is 7.11 Å². The molecule has 4 nitrogen and oxygen atoms in total. The molecule has 0 aliphatic carbocycles. The van der Waals surface area contributed by atoms with Gasteiger partial charge >= 0.3 is 0 Å². The van der Waals surface area contributed by atoms with Crippen molar-refractivity contribution >= 4 is 17.3 Å². The second-order valence-corrected chi connectivity index (χ2v) is 4.79. The van der Waals surface area contributed by atoms with Crippen molar-refractivity contribution < 1.29 is 4.74 Å². The topological polar surface area (TPSA) is 27.7 Å². The molecule has 0 saturated carbocycles. The van der Waals surface area contributed by atoms with Crippen LogP contribution in [-0.4, -0.2) is 68.4 Å². The van der Waals surface area contributed by atoms with Gasteiger partial charge < -0.3 is 19.9 Å². The fourth-order valence-corrected chi connectivity index (χ4v) is 2.24. The van der Waals surface area contributed by atoms with Gasteiger partial charge in [-0.25, -0.2) is 0 Å². The summed E-state index contributed by atoms with van der Waals surface area (Å²) in [6.07, 6.45) is 2.39. The summed E-state index contributed by atoms with van der Waals surface area (Å²) in [6.45, 7) is 3.61. The van der Waals surface area contributed by atoms with Gasteiger partial charge in [0, 0.05) is 32.8 Å². The molecule has 1 saturated heterocycles. The molecule has 0 bridgehead atoms. The highest BCUT2D eigenvalue weighted by Gasteiger charge is 2.21. The molecule has 0 aromatic rings. The molecular weight excluding hydrogens is 222 g/mol. The predicted molar refractivity (Wildman–Crippen MR) is 70.8 cm³/mol. The van der Waals surface area contributed by atoms with Crippen molar-refractivity contribution in [1.29, 1.82) is 0 Å². The van der Waals surface area contributed by atoms with Gasteiger partial charge in [-0.1, -0.05) is 0 Å². The first kappa shape index (κ1) is 13.7. The zero-order valence-corrected chi connectivity index (χ0v) is 11.3. The zero-order chi connectivity index (χ0) is 12.0. The molecule has 0 unspecified atom stereocenters. The Morgan fingerprint density at radius 2 is 2.06 bits per heavy atom. The molecule has 0 spiro atoms. The first-order valence-electron chi connectivity index (χ1n) is 5.83. The predicted octanol–water partition coefficient (Wildman–Crippen LogP) is 0.533. The van der Waals surface area contributed by atoms with Crippen LogP contribution in [0.1, 0.15) is 12.8 Å². The fraction of sp³-hybridized carbons (Fsp3) is 0.909. The Morgan fingerprint density at radius 1 is 1.44 bits per heavy atom. The first-order chi connectivity index (χ1) is 7.65. The summed E-state index contributed by atoms with van der Waals surface area (Å²) < 4.78 is 4.98. The first-order valence-corrected chi connectivity index (χ1v) is 6.24. The van der Waals surface area contributed by atoms with Gasteiger partial charge in [0.05, 0.1) is 6.61 Å². The van der Waals surface area contributed by atoms with E-state index in [9.17, 15) is 0 Å². The summed E-state index contributed by atoms with van der Waals surface area (Å²) in [4.78, 5) is 4.56. The van der Waals surface area contributed by atoms with Gasteiger partial charge in [0.1, 0.15) is 0 Å². The lowest BCUT2D eigenvalue weighted by Gasteiger charge is -2.36. The molecule has 94 valence electrons. The zero-order valence-electron chi connectivity index (χ0n) is 10.5. The van der Waals surface area contributed by atoms with Crippen molar-refractivity contribution in [1.82, 2.24) is 15.1 Å². The van der Waals surface area contributed by atoms with E-state index in [4.69, 9.17) is 17.0 Å². The number of nitrogens with zero attached hydrogens (tertiary/aromatic N) is 2. The minimum atomic E-state index is 0.703. The number of ether oxygens (including phenoxy) is 1. The number of hydrogen-bond donors (Lipinski definition) is 1. The highest BCUT2D eigenvalue weighted by atomic mass is 32.1. The molecule has 1 aliphatic heterocycles. The van der Waals surface area contributed by atoms with Gasteiger partial charge in [-0.15, -0.1) is 0 Å². The Balaban J connectivity index is 2.22. The van der Waals surface area contributed by atoms with E-state index in [2.05, 4.69) is 29.2 Å². The van der Waals surface area contributed by atoms with E-state index in [0.717, 1.165) is 24.7 Å². The van der Waals surface area contributed by atoms with Gasteiger partial charge in [-0.2, -0.15) is 0 Å². The number of hydrogen-bond acceptors (Lipinski definition) is 3. The Kier molecular flexibility index (Phi) is 6.01. The Hall–Kier alpha value is -0.390. The second kappa shape index (κ2) is 7.04. The van der Waals surface area contributed by atoms with Gasteiger partial charge in [0.25, 0.3) is 0 Å². The van der Waals surface area contributed by atoms with E-state index < -0.39 is 0 Å². The lowest BCUT2D eigenvalue weighted by molar-refractivity contribution is 0.186. The van der Waals surface area contributed by atoms with Crippen LogP contribution < -0.4 is 5.32 Å². The van der Waals surface area contributed by atoms with Crippen molar-refractivity contribution in [3.8, 4) is 0 Å². The average Bonchev–Trinajstić information content (AvgIpc) is 2.29. The van der Waals surface area contributed by atoms with E-state index in [1.165, 1.54) is 12.8 Å². The molecule has 1 aliphatic rings. The normalized spacial score (nSPS) is 17.9. The number of likely N-dealkylation sites (tertiary alicyclic amines) is 1. The highest BCUT2D eigenvalue weighted by molar-refractivity contribution is 7.80. The Labute approximate surface area is 104 Å². The smallest absolute Gasteiger partial charge is 0.169 e. The molecule has 16 heavy (non-hydrogen) atoms. The van der Waals surface area contributed by atoms with Crippen molar-refractivity contribution in [2.45, 2.75) is 18.9 Å². The number of nitrogens with one attached hydrogen (secondary N) is 1. The number of rotatable bonds is 4. The number of piperidine rings is 1. The Bertz CT molecular complexity index is 215. The lowest BCUT2D eigenvalue weighted by Crippen LogP contribution is -2.48. The molecule has 0 aromatic heterocycles. The molecular formula is C11H23N3OS. The molecule has 0 aromatic carbocycles. The minimum absolute atomic E-state index is 0.703. The fourth-order valence-electron chi connectivity index (χ4n) is 1.96. The minimum Gasteiger partial charge on any atom is -0.383 e. The SMILES string of the molecule is COCCNC(=S)N1CCC(N(C)C)CC1. The van der Waals surface area contributed by atoms with Crippen molar-refractivity contribution in [3.05, 3.63) is 0 Å². The van der Waals surface area contributed by atoms with E-state index in [0.29, 0.717) is 12.6 Å². The van der Waals surface area contributed by atoms with Crippen LogP contribution >= 0.6 is 12.2 Å². The maximum Gasteiger partial charge on any atom is 0.169 e. The molecule has 1 N–H and O–H groups in total. The van der Waals surface area contributed by atoms with Crippen molar-refractivity contribution in [3.63, 3.8) is 0 Å². The maximum atomic E-state index is 5.34. The van der Waals surface area contributed by atoms with Crippen LogP contribution in [0.2, 0.25) is 0 Å². The lowest BCUT2D eigenvalue weighted by atomic mass is 10.0. The van der Waals surface area contributed by atoms with Gasteiger partial charge in [0.15, 0.2) is 5.11 Å². The van der Waals surface area contributed by atoms with Crippen LogP contribution in [0.3, 0.4) is 0 Å². The quantitative estimate of drug-likeness (QED) is 0.576. The van der Waals surface area contributed by atoms with E-state index >= 15 is 0 Å². The highest BCUT2D eigenvalue weighted by Crippen LogP contribution is 2.13. The van der Waals surface area contributed by atoms with E-state index in [1.807, 2.05) is 0 Å². The third kappa shape index (κ3) is 4.23. The summed E-state index contributed by atoms with van der Waals surface area (Å²) in [6, 6.07) is 0.707. The number of methoxy groups -OCH3 is 1. The molecule has 0 radical (unpaired) electrons. The van der Waals surface area contributed by atoms with Crippen LogP contribution in [-0.2, 0) is 4.74 Å². The molecule has 0 atom stereocenters. The molecule has 1 fully saturated rings. The van der Waals surface area contributed by atoms with Crippen molar-refractivity contribution in [2.24, 2.45) is 0 Å². The molecule has 5 heteroatoms. The van der Waals surface area contributed by atoms with Crippen LogP contribution in [0.25, 0.3) is 0 Å². The summed E-state index contributed by atoms with van der Waals surface area (Å²) in [5.41, 5.74) is 0. The van der Waals surface area contributed by atoms with Crippen LogP contribution in [0, 0.1) is 0 Å².